The molecule has 0 saturated carbocycles. The van der Waals surface area contributed by atoms with Crippen LogP contribution in [0.15, 0.2) is 41.0 Å². The second-order valence-electron chi connectivity index (χ2n) is 8.46. The summed E-state index contributed by atoms with van der Waals surface area (Å²) in [5, 5.41) is 0.568. The molecule has 33 heavy (non-hydrogen) atoms. The predicted octanol–water partition coefficient (Wildman–Crippen LogP) is 4.62. The third-order valence-corrected chi connectivity index (χ3v) is 6.54. The zero-order valence-electron chi connectivity index (χ0n) is 19.6. The van der Waals surface area contributed by atoms with Crippen LogP contribution in [0.4, 0.5) is 5.69 Å². The topological polar surface area (TPSA) is 74.1 Å². The van der Waals surface area contributed by atoms with Crippen molar-refractivity contribution in [2.75, 3.05) is 24.7 Å². The first kappa shape index (κ1) is 24.8. The normalized spacial score (nSPS) is 14.6. The highest BCUT2D eigenvalue weighted by Crippen LogP contribution is 2.29. The molecule has 0 aliphatic carbocycles. The van der Waals surface area contributed by atoms with Gasteiger partial charge in [0.15, 0.2) is 0 Å². The number of halogens is 1. The first-order chi connectivity index (χ1) is 15.8. The van der Waals surface area contributed by atoms with Crippen LogP contribution in [0.1, 0.15) is 50.9 Å². The molecular weight excluding hydrogens is 442 g/mol. The van der Waals surface area contributed by atoms with E-state index in [0.29, 0.717) is 22.9 Å². The van der Waals surface area contributed by atoms with Gasteiger partial charge in [-0.3, -0.25) is 19.3 Å². The summed E-state index contributed by atoms with van der Waals surface area (Å²) in [6.45, 7) is 6.17. The van der Waals surface area contributed by atoms with Crippen molar-refractivity contribution in [2.45, 2.75) is 53.0 Å². The van der Waals surface area contributed by atoms with E-state index in [0.717, 1.165) is 24.8 Å². The summed E-state index contributed by atoms with van der Waals surface area (Å²) in [6, 6.07) is 8.93. The molecule has 3 amide bonds. The Bertz CT molecular complexity index is 976. The molecule has 0 N–H and O–H groups in total. The van der Waals surface area contributed by atoms with E-state index < -0.39 is 0 Å². The Balaban J connectivity index is 1.74. The molecule has 7 nitrogen and oxygen atoms in total. The molecule has 1 aliphatic rings. The van der Waals surface area contributed by atoms with Gasteiger partial charge in [0.25, 0.3) is 0 Å². The summed E-state index contributed by atoms with van der Waals surface area (Å²) in [5.41, 5.74) is 1.48. The summed E-state index contributed by atoms with van der Waals surface area (Å²) >= 11 is 6.22. The van der Waals surface area contributed by atoms with Crippen LogP contribution in [0.5, 0.6) is 0 Å². The Labute approximate surface area is 200 Å². The van der Waals surface area contributed by atoms with Gasteiger partial charge in [0.05, 0.1) is 12.8 Å². The van der Waals surface area contributed by atoms with Crippen LogP contribution in [0.3, 0.4) is 0 Å². The van der Waals surface area contributed by atoms with E-state index in [1.807, 2.05) is 19.9 Å². The molecule has 8 heteroatoms. The van der Waals surface area contributed by atoms with Crippen molar-refractivity contribution >= 4 is 35.0 Å². The van der Waals surface area contributed by atoms with Crippen molar-refractivity contribution in [1.82, 2.24) is 9.80 Å². The third-order valence-electron chi connectivity index (χ3n) is 6.13. The van der Waals surface area contributed by atoms with Crippen molar-refractivity contribution in [3.63, 3.8) is 0 Å². The standard InChI is InChI=1S/C25H32ClN3O4/c1-4-6-9-19(5-2)25(32)27(14-20-10-8-13-33-20)15-23(30)28-16-24(31)29(17-28)22-12-7-11-21(26)18(22)3/h7-8,10-13,19H,4-6,9,14-17H2,1-3H3. The molecule has 0 radical (unpaired) electrons. The fourth-order valence-corrected chi connectivity index (χ4v) is 4.26. The van der Waals surface area contributed by atoms with E-state index in [-0.39, 0.29) is 49.9 Å². The molecule has 1 atom stereocenters. The zero-order valence-corrected chi connectivity index (χ0v) is 20.3. The summed E-state index contributed by atoms with van der Waals surface area (Å²) in [7, 11) is 0. The van der Waals surface area contributed by atoms with Gasteiger partial charge in [0.1, 0.15) is 25.5 Å². The van der Waals surface area contributed by atoms with Gasteiger partial charge in [-0.2, -0.15) is 0 Å². The zero-order chi connectivity index (χ0) is 24.0. The van der Waals surface area contributed by atoms with E-state index >= 15 is 0 Å². The SMILES string of the molecule is CCCCC(CC)C(=O)N(CC(=O)N1CC(=O)N(c2cccc(Cl)c2C)C1)Cc1ccco1. The molecule has 1 aliphatic heterocycles. The predicted molar refractivity (Wildman–Crippen MR) is 128 cm³/mol. The Morgan fingerprint density at radius 1 is 1.21 bits per heavy atom. The number of unbranched alkanes of at least 4 members (excludes halogenated alkanes) is 1. The fourth-order valence-electron chi connectivity index (χ4n) is 4.09. The second kappa shape index (κ2) is 11.4. The molecule has 178 valence electrons. The van der Waals surface area contributed by atoms with Crippen molar-refractivity contribution in [3.8, 4) is 0 Å². The van der Waals surface area contributed by atoms with E-state index in [1.165, 1.54) is 4.90 Å². The number of anilines is 1. The van der Waals surface area contributed by atoms with Gasteiger partial charge in [-0.25, -0.2) is 0 Å². The molecule has 2 aromatic rings. The molecule has 0 spiro atoms. The number of amides is 3. The highest BCUT2D eigenvalue weighted by molar-refractivity contribution is 6.31. The van der Waals surface area contributed by atoms with Crippen LogP contribution >= 0.6 is 11.6 Å². The van der Waals surface area contributed by atoms with Gasteiger partial charge in [-0.15, -0.1) is 0 Å². The van der Waals surface area contributed by atoms with Crippen LogP contribution in [-0.2, 0) is 20.9 Å². The van der Waals surface area contributed by atoms with E-state index in [2.05, 4.69) is 6.92 Å². The summed E-state index contributed by atoms with van der Waals surface area (Å²) < 4.78 is 5.44. The Morgan fingerprint density at radius 3 is 2.67 bits per heavy atom. The second-order valence-corrected chi connectivity index (χ2v) is 8.87. The minimum absolute atomic E-state index is 0.0272. The Kier molecular flexibility index (Phi) is 8.55. The average molecular weight is 474 g/mol. The molecule has 3 rings (SSSR count). The fraction of sp³-hybridized carbons (Fsp3) is 0.480. The molecular formula is C25H32ClN3O4. The highest BCUT2D eigenvalue weighted by Gasteiger charge is 2.34. The molecule has 1 unspecified atom stereocenters. The van der Waals surface area contributed by atoms with Crippen LogP contribution < -0.4 is 4.90 Å². The maximum atomic E-state index is 13.3. The first-order valence-electron chi connectivity index (χ1n) is 11.5. The number of hydrogen-bond acceptors (Lipinski definition) is 4. The van der Waals surface area contributed by atoms with Gasteiger partial charge in [0, 0.05) is 16.6 Å². The van der Waals surface area contributed by atoms with E-state index in [1.54, 1.807) is 40.3 Å². The van der Waals surface area contributed by atoms with Crippen LogP contribution in [0.25, 0.3) is 0 Å². The summed E-state index contributed by atoms with van der Waals surface area (Å²) in [4.78, 5) is 43.8. The van der Waals surface area contributed by atoms with E-state index in [4.69, 9.17) is 16.0 Å². The van der Waals surface area contributed by atoms with Gasteiger partial charge < -0.3 is 14.2 Å². The van der Waals surface area contributed by atoms with Crippen molar-refractivity contribution in [3.05, 3.63) is 52.9 Å². The largest absolute Gasteiger partial charge is 0.467 e. The summed E-state index contributed by atoms with van der Waals surface area (Å²) in [6.07, 6.45) is 5.03. The lowest BCUT2D eigenvalue weighted by Crippen LogP contribution is -2.44. The lowest BCUT2D eigenvalue weighted by Gasteiger charge is -2.28. The number of hydrogen-bond donors (Lipinski definition) is 0. The Hall–Kier alpha value is -2.80. The van der Waals surface area contributed by atoms with Gasteiger partial charge in [-0.05, 0) is 49.6 Å². The number of furan rings is 1. The van der Waals surface area contributed by atoms with Crippen molar-refractivity contribution < 1.29 is 18.8 Å². The quantitative estimate of drug-likeness (QED) is 0.504. The lowest BCUT2D eigenvalue weighted by molar-refractivity contribution is -0.143. The monoisotopic (exact) mass is 473 g/mol. The third kappa shape index (κ3) is 5.96. The first-order valence-corrected chi connectivity index (χ1v) is 11.9. The molecule has 1 fully saturated rings. The maximum Gasteiger partial charge on any atom is 0.248 e. The number of carbonyl (C=O) groups excluding carboxylic acids is 3. The van der Waals surface area contributed by atoms with Crippen LogP contribution in [-0.4, -0.2) is 47.3 Å². The van der Waals surface area contributed by atoms with Crippen molar-refractivity contribution in [1.29, 1.82) is 0 Å². The smallest absolute Gasteiger partial charge is 0.248 e. The number of benzene rings is 1. The Morgan fingerprint density at radius 2 is 2.00 bits per heavy atom. The maximum absolute atomic E-state index is 13.3. The molecule has 0 bridgehead atoms. The number of nitrogens with zero attached hydrogens (tertiary/aromatic N) is 3. The van der Waals surface area contributed by atoms with E-state index in [9.17, 15) is 14.4 Å². The van der Waals surface area contributed by atoms with Gasteiger partial charge in [-0.1, -0.05) is 44.4 Å². The highest BCUT2D eigenvalue weighted by atomic mass is 35.5. The molecule has 1 aromatic carbocycles. The number of carbonyl (C=O) groups is 3. The molecule has 2 heterocycles. The lowest BCUT2D eigenvalue weighted by atomic mass is 9.97. The minimum atomic E-state index is -0.268. The van der Waals surface area contributed by atoms with Gasteiger partial charge >= 0.3 is 0 Å². The molecule has 1 saturated heterocycles. The average Bonchev–Trinajstić information content (AvgIpc) is 3.45. The van der Waals surface area contributed by atoms with Crippen molar-refractivity contribution in [2.24, 2.45) is 5.92 Å². The van der Waals surface area contributed by atoms with Crippen LogP contribution in [0.2, 0.25) is 5.02 Å². The van der Waals surface area contributed by atoms with Gasteiger partial charge in [0.2, 0.25) is 17.7 Å². The minimum Gasteiger partial charge on any atom is -0.467 e. The number of rotatable bonds is 10. The molecule has 1 aromatic heterocycles. The van der Waals surface area contributed by atoms with Crippen LogP contribution in [0, 0.1) is 12.8 Å². The summed E-state index contributed by atoms with van der Waals surface area (Å²) in [5.74, 6) is -0.0137.